The summed E-state index contributed by atoms with van der Waals surface area (Å²) >= 11 is 1.31. The maximum atomic E-state index is 12.9. The van der Waals surface area contributed by atoms with Gasteiger partial charge in [0.05, 0.1) is 5.25 Å². The lowest BCUT2D eigenvalue weighted by Gasteiger charge is -2.12. The third kappa shape index (κ3) is 4.39. The number of rotatable bonds is 7. The van der Waals surface area contributed by atoms with Crippen LogP contribution in [0.15, 0.2) is 53.9 Å². The summed E-state index contributed by atoms with van der Waals surface area (Å²) in [6, 6.07) is 9.88. The van der Waals surface area contributed by atoms with Crippen LogP contribution >= 0.6 is 11.8 Å². The van der Waals surface area contributed by atoms with Crippen LogP contribution < -0.4 is 4.74 Å². The van der Waals surface area contributed by atoms with Gasteiger partial charge in [0.15, 0.2) is 10.9 Å². The molecule has 1 aromatic carbocycles. The second kappa shape index (κ2) is 8.52. The number of carbonyl (C=O) groups is 1. The van der Waals surface area contributed by atoms with Crippen LogP contribution in [0.4, 0.5) is 8.78 Å². The number of halogens is 2. The molecule has 0 aliphatic heterocycles. The van der Waals surface area contributed by atoms with E-state index in [0.29, 0.717) is 10.7 Å². The summed E-state index contributed by atoms with van der Waals surface area (Å²) in [6.07, 6.45) is 3.28. The highest BCUT2D eigenvalue weighted by atomic mass is 32.2. The summed E-state index contributed by atoms with van der Waals surface area (Å²) in [5.41, 5.74) is 3.03. The molecule has 0 unspecified atom stereocenters. The van der Waals surface area contributed by atoms with Crippen LogP contribution in [0.5, 0.6) is 5.75 Å². The normalized spacial score (nSPS) is 12.2. The summed E-state index contributed by atoms with van der Waals surface area (Å²) in [5.74, 6) is 0.0693. The van der Waals surface area contributed by atoms with Gasteiger partial charge in [0.1, 0.15) is 5.75 Å². The quantitative estimate of drug-likeness (QED) is 0.321. The first kappa shape index (κ1) is 20.0. The molecule has 1 atom stereocenters. The Kier molecular flexibility index (Phi) is 6.08. The Balaban J connectivity index is 1.84. The lowest BCUT2D eigenvalue weighted by molar-refractivity contribution is -0.0498. The summed E-state index contributed by atoms with van der Waals surface area (Å²) in [6.45, 7) is 2.72. The third-order valence-corrected chi connectivity index (χ3v) is 5.20. The van der Waals surface area contributed by atoms with E-state index in [1.54, 1.807) is 30.6 Å². The number of hydrogen-bond donors (Lipinski definition) is 0. The lowest BCUT2D eigenvalue weighted by atomic mass is 10.1. The first-order chi connectivity index (χ1) is 13.4. The second-order valence-electron chi connectivity index (χ2n) is 6.15. The summed E-state index contributed by atoms with van der Waals surface area (Å²) in [7, 11) is 0. The standard InChI is InChI=1S/C20H19F2N3O2S/c1-12-11-17(18(26)14(3)28-20-23-9-4-10-24-20)13(2)25(12)15-5-7-16(8-6-15)27-19(21)22/h4-11,14,19H,1-3H3/t14-/m0/s1. The minimum absolute atomic E-state index is 0.0190. The van der Waals surface area contributed by atoms with Crippen LogP contribution in [0.3, 0.4) is 0 Å². The van der Waals surface area contributed by atoms with E-state index in [9.17, 15) is 13.6 Å². The molecule has 8 heteroatoms. The Hall–Kier alpha value is -2.74. The molecule has 5 nitrogen and oxygen atoms in total. The van der Waals surface area contributed by atoms with Crippen molar-refractivity contribution in [2.75, 3.05) is 0 Å². The van der Waals surface area contributed by atoms with E-state index in [1.165, 1.54) is 23.9 Å². The van der Waals surface area contributed by atoms with E-state index in [0.717, 1.165) is 17.1 Å². The van der Waals surface area contributed by atoms with Gasteiger partial charge >= 0.3 is 6.61 Å². The number of aromatic nitrogens is 3. The smallest absolute Gasteiger partial charge is 0.387 e. The number of ketones is 1. The van der Waals surface area contributed by atoms with Gasteiger partial charge in [-0.2, -0.15) is 8.78 Å². The topological polar surface area (TPSA) is 57.0 Å². The molecule has 0 aliphatic carbocycles. The van der Waals surface area contributed by atoms with Gasteiger partial charge in [-0.05, 0) is 57.2 Å². The maximum Gasteiger partial charge on any atom is 0.387 e. The molecule has 0 spiro atoms. The molecule has 28 heavy (non-hydrogen) atoms. The van der Waals surface area contributed by atoms with Crippen LogP contribution in [-0.4, -0.2) is 32.2 Å². The molecular weight excluding hydrogens is 384 g/mol. The van der Waals surface area contributed by atoms with E-state index in [4.69, 9.17) is 0 Å². The van der Waals surface area contributed by atoms with Crippen molar-refractivity contribution in [3.05, 3.63) is 65.7 Å². The molecule has 0 saturated heterocycles. The number of alkyl halides is 2. The van der Waals surface area contributed by atoms with Crippen LogP contribution in [0, 0.1) is 13.8 Å². The van der Waals surface area contributed by atoms with Crippen molar-refractivity contribution in [2.24, 2.45) is 0 Å². The number of carbonyl (C=O) groups excluding carboxylic acids is 1. The highest BCUT2D eigenvalue weighted by Gasteiger charge is 2.23. The average molecular weight is 403 g/mol. The molecule has 2 aromatic heterocycles. The molecule has 0 bridgehead atoms. The van der Waals surface area contributed by atoms with Crippen LogP contribution in [0.1, 0.15) is 28.7 Å². The monoisotopic (exact) mass is 403 g/mol. The number of nitrogens with zero attached hydrogens (tertiary/aromatic N) is 3. The van der Waals surface area contributed by atoms with E-state index < -0.39 is 6.61 Å². The lowest BCUT2D eigenvalue weighted by Crippen LogP contribution is -2.15. The van der Waals surface area contributed by atoms with E-state index >= 15 is 0 Å². The van der Waals surface area contributed by atoms with E-state index in [2.05, 4.69) is 14.7 Å². The summed E-state index contributed by atoms with van der Waals surface area (Å²) in [4.78, 5) is 21.2. The third-order valence-electron chi connectivity index (χ3n) is 4.21. The molecule has 0 aliphatic rings. The Morgan fingerprint density at radius 1 is 1.14 bits per heavy atom. The molecule has 3 rings (SSSR count). The zero-order valence-electron chi connectivity index (χ0n) is 15.6. The van der Waals surface area contributed by atoms with E-state index in [1.807, 2.05) is 31.4 Å². The Labute approximate surface area is 165 Å². The van der Waals surface area contributed by atoms with Crippen molar-refractivity contribution in [2.45, 2.75) is 37.8 Å². The van der Waals surface area contributed by atoms with Gasteiger partial charge in [0.2, 0.25) is 0 Å². The molecule has 0 N–H and O–H groups in total. The predicted octanol–water partition coefficient (Wildman–Crippen LogP) is 4.85. The zero-order valence-corrected chi connectivity index (χ0v) is 16.4. The molecule has 0 saturated carbocycles. The molecule has 146 valence electrons. The van der Waals surface area contributed by atoms with Gasteiger partial charge in [-0.25, -0.2) is 9.97 Å². The number of ether oxygens (including phenoxy) is 1. The summed E-state index contributed by atoms with van der Waals surface area (Å²) in [5, 5.41) is 0.199. The van der Waals surface area contributed by atoms with Gasteiger partial charge < -0.3 is 9.30 Å². The van der Waals surface area contributed by atoms with Gasteiger partial charge in [0.25, 0.3) is 0 Å². The Morgan fingerprint density at radius 3 is 2.39 bits per heavy atom. The van der Waals surface area contributed by atoms with Crippen LogP contribution in [0.2, 0.25) is 0 Å². The molecule has 0 fully saturated rings. The van der Waals surface area contributed by atoms with Crippen molar-refractivity contribution >= 4 is 17.5 Å². The van der Waals surface area contributed by atoms with Crippen molar-refractivity contribution in [3.63, 3.8) is 0 Å². The molecule has 2 heterocycles. The van der Waals surface area contributed by atoms with Crippen LogP contribution in [0.25, 0.3) is 5.69 Å². The largest absolute Gasteiger partial charge is 0.435 e. The fourth-order valence-electron chi connectivity index (χ4n) is 2.96. The Bertz CT molecular complexity index is 960. The first-order valence-electron chi connectivity index (χ1n) is 8.59. The fourth-order valence-corrected chi connectivity index (χ4v) is 3.76. The number of benzene rings is 1. The number of aryl methyl sites for hydroxylation is 1. The number of hydrogen-bond acceptors (Lipinski definition) is 5. The van der Waals surface area contributed by atoms with Crippen molar-refractivity contribution in [1.82, 2.24) is 14.5 Å². The predicted molar refractivity (Wildman–Crippen MR) is 104 cm³/mol. The number of Topliss-reactive ketones (excluding diaryl/α,β-unsaturated/α-hetero) is 1. The molecule has 0 amide bonds. The minimum atomic E-state index is -2.86. The van der Waals surface area contributed by atoms with E-state index in [-0.39, 0.29) is 16.8 Å². The molecular formula is C20H19F2N3O2S. The van der Waals surface area contributed by atoms with Crippen LogP contribution in [-0.2, 0) is 0 Å². The molecule has 3 aromatic rings. The van der Waals surface area contributed by atoms with Crippen molar-refractivity contribution in [3.8, 4) is 11.4 Å². The minimum Gasteiger partial charge on any atom is -0.435 e. The highest BCUT2D eigenvalue weighted by Crippen LogP contribution is 2.27. The van der Waals surface area contributed by atoms with Crippen molar-refractivity contribution in [1.29, 1.82) is 0 Å². The maximum absolute atomic E-state index is 12.9. The Morgan fingerprint density at radius 2 is 1.79 bits per heavy atom. The van der Waals surface area contributed by atoms with Gasteiger partial charge in [-0.1, -0.05) is 11.8 Å². The number of thioether (sulfide) groups is 1. The SMILES string of the molecule is Cc1cc(C(=O)[C@H](C)Sc2ncccn2)c(C)n1-c1ccc(OC(F)F)cc1. The molecule has 0 radical (unpaired) electrons. The zero-order chi connectivity index (χ0) is 20.3. The van der Waals surface area contributed by atoms with Gasteiger partial charge in [-0.15, -0.1) is 0 Å². The highest BCUT2D eigenvalue weighted by molar-refractivity contribution is 8.00. The summed E-state index contributed by atoms with van der Waals surface area (Å²) < 4.78 is 30.9. The second-order valence-corrected chi connectivity index (χ2v) is 7.46. The average Bonchev–Trinajstić information content (AvgIpc) is 2.96. The van der Waals surface area contributed by atoms with Gasteiger partial charge in [0, 0.05) is 35.0 Å². The van der Waals surface area contributed by atoms with Gasteiger partial charge in [-0.3, -0.25) is 4.79 Å². The van der Waals surface area contributed by atoms with Crippen molar-refractivity contribution < 1.29 is 18.3 Å². The first-order valence-corrected chi connectivity index (χ1v) is 9.47. The fraction of sp³-hybridized carbons (Fsp3) is 0.250.